The zero-order valence-electron chi connectivity index (χ0n) is 6.20. The molecular weight excluding hydrogens is 140 g/mol. The average Bonchev–Trinajstić information content (AvgIpc) is 2.03. The Kier molecular flexibility index (Phi) is 2.19. The summed E-state index contributed by atoms with van der Waals surface area (Å²) in [4.78, 5) is 3.86. The highest BCUT2D eigenvalue weighted by atomic mass is 16.3. The second-order valence-corrected chi connectivity index (χ2v) is 2.29. The Balaban J connectivity index is 3.15. The van der Waals surface area contributed by atoms with Gasteiger partial charge in [0.2, 0.25) is 0 Å². The number of rotatable bonds is 1. The maximum atomic E-state index is 8.71. The minimum Gasteiger partial charge on any atom is -0.390 e. The van der Waals surface area contributed by atoms with Gasteiger partial charge in [-0.2, -0.15) is 5.26 Å². The Morgan fingerprint density at radius 1 is 1.64 bits per heavy atom. The Bertz CT molecular complexity index is 301. The van der Waals surface area contributed by atoms with Crippen LogP contribution in [0.15, 0.2) is 12.1 Å². The van der Waals surface area contributed by atoms with Gasteiger partial charge in [-0.3, -0.25) is 0 Å². The van der Waals surface area contributed by atoms with Crippen LogP contribution in [-0.2, 0) is 6.61 Å². The Hall–Kier alpha value is -1.40. The maximum absolute atomic E-state index is 8.71. The minimum absolute atomic E-state index is 0.115. The molecule has 1 N–H and O–H groups in total. The van der Waals surface area contributed by atoms with Crippen molar-refractivity contribution >= 4 is 0 Å². The lowest BCUT2D eigenvalue weighted by molar-refractivity contribution is 0.276. The van der Waals surface area contributed by atoms with E-state index in [1.54, 1.807) is 12.1 Å². The van der Waals surface area contributed by atoms with Crippen molar-refractivity contribution in [1.29, 1.82) is 5.26 Å². The monoisotopic (exact) mass is 148 g/mol. The summed E-state index contributed by atoms with van der Waals surface area (Å²) < 4.78 is 0. The summed E-state index contributed by atoms with van der Waals surface area (Å²) in [5.74, 6) is 0. The van der Waals surface area contributed by atoms with E-state index in [-0.39, 0.29) is 6.61 Å². The van der Waals surface area contributed by atoms with Gasteiger partial charge < -0.3 is 5.11 Å². The van der Waals surface area contributed by atoms with Crippen LogP contribution in [0, 0.1) is 18.3 Å². The van der Waals surface area contributed by atoms with E-state index in [9.17, 15) is 0 Å². The van der Waals surface area contributed by atoms with E-state index < -0.39 is 0 Å². The first kappa shape index (κ1) is 7.70. The number of aliphatic hydroxyl groups excluding tert-OH is 1. The van der Waals surface area contributed by atoms with Crippen LogP contribution in [-0.4, -0.2) is 10.1 Å². The van der Waals surface area contributed by atoms with Gasteiger partial charge in [0.1, 0.15) is 11.8 Å². The highest BCUT2D eigenvalue weighted by Crippen LogP contribution is 2.03. The quantitative estimate of drug-likeness (QED) is 0.639. The standard InChI is InChI=1S/C8H8N2O/c1-6-2-7(4-9)10-8(3-6)5-11/h2-3,11H,5H2,1H3. The van der Waals surface area contributed by atoms with E-state index in [0.29, 0.717) is 11.4 Å². The third-order valence-corrected chi connectivity index (χ3v) is 1.30. The molecule has 0 saturated heterocycles. The number of aliphatic hydroxyl groups is 1. The lowest BCUT2D eigenvalue weighted by Gasteiger charge is -1.97. The first-order valence-corrected chi connectivity index (χ1v) is 3.25. The molecule has 1 aromatic heterocycles. The third-order valence-electron chi connectivity index (χ3n) is 1.30. The van der Waals surface area contributed by atoms with Gasteiger partial charge in [-0.25, -0.2) is 4.98 Å². The molecule has 0 aliphatic rings. The summed E-state index contributed by atoms with van der Waals surface area (Å²) in [6.07, 6.45) is 0. The molecule has 3 nitrogen and oxygen atoms in total. The van der Waals surface area contributed by atoms with Gasteiger partial charge in [0.15, 0.2) is 0 Å². The largest absolute Gasteiger partial charge is 0.390 e. The lowest BCUT2D eigenvalue weighted by atomic mass is 10.2. The van der Waals surface area contributed by atoms with E-state index in [4.69, 9.17) is 10.4 Å². The Morgan fingerprint density at radius 3 is 2.91 bits per heavy atom. The zero-order valence-corrected chi connectivity index (χ0v) is 6.20. The Morgan fingerprint density at radius 2 is 2.36 bits per heavy atom. The molecule has 0 atom stereocenters. The molecule has 0 fully saturated rings. The van der Waals surface area contributed by atoms with Crippen molar-refractivity contribution < 1.29 is 5.11 Å². The summed E-state index contributed by atoms with van der Waals surface area (Å²) in [5, 5.41) is 17.2. The summed E-state index contributed by atoms with van der Waals surface area (Å²) in [5.41, 5.74) is 1.84. The summed E-state index contributed by atoms with van der Waals surface area (Å²) in [6, 6.07) is 5.35. The van der Waals surface area contributed by atoms with E-state index in [2.05, 4.69) is 4.98 Å². The molecule has 0 unspecified atom stereocenters. The van der Waals surface area contributed by atoms with Crippen molar-refractivity contribution in [1.82, 2.24) is 4.98 Å². The van der Waals surface area contributed by atoms with Gasteiger partial charge in [-0.1, -0.05) is 0 Å². The molecule has 1 heterocycles. The van der Waals surface area contributed by atoms with E-state index in [1.807, 2.05) is 13.0 Å². The second-order valence-electron chi connectivity index (χ2n) is 2.29. The number of hydrogen-bond donors (Lipinski definition) is 1. The van der Waals surface area contributed by atoms with Crippen LogP contribution in [0.5, 0.6) is 0 Å². The molecule has 0 aliphatic carbocycles. The summed E-state index contributed by atoms with van der Waals surface area (Å²) >= 11 is 0. The van der Waals surface area contributed by atoms with Crippen LogP contribution in [0.25, 0.3) is 0 Å². The van der Waals surface area contributed by atoms with Crippen LogP contribution in [0.4, 0.5) is 0 Å². The molecule has 0 amide bonds. The first-order chi connectivity index (χ1) is 5.26. The van der Waals surface area contributed by atoms with Gasteiger partial charge >= 0.3 is 0 Å². The molecule has 1 aromatic rings. The van der Waals surface area contributed by atoms with Gasteiger partial charge in [0, 0.05) is 0 Å². The normalized spacial score (nSPS) is 9.18. The molecule has 0 radical (unpaired) electrons. The fraction of sp³-hybridized carbons (Fsp3) is 0.250. The third kappa shape index (κ3) is 1.76. The number of hydrogen-bond acceptors (Lipinski definition) is 3. The molecule has 0 bridgehead atoms. The lowest BCUT2D eigenvalue weighted by Crippen LogP contribution is -1.93. The van der Waals surface area contributed by atoms with Crippen LogP contribution >= 0.6 is 0 Å². The smallest absolute Gasteiger partial charge is 0.141 e. The molecule has 3 heteroatoms. The minimum atomic E-state index is -0.115. The van der Waals surface area contributed by atoms with Gasteiger partial charge in [0.05, 0.1) is 12.3 Å². The second kappa shape index (κ2) is 3.13. The molecule has 1 rings (SSSR count). The summed E-state index contributed by atoms with van der Waals surface area (Å²) in [7, 11) is 0. The molecule has 0 spiro atoms. The number of aromatic nitrogens is 1. The van der Waals surface area contributed by atoms with E-state index in [1.165, 1.54) is 0 Å². The van der Waals surface area contributed by atoms with Crippen LogP contribution in [0.1, 0.15) is 17.0 Å². The number of nitrogens with zero attached hydrogens (tertiary/aromatic N) is 2. The Labute approximate surface area is 64.9 Å². The SMILES string of the molecule is Cc1cc(C#N)nc(CO)c1. The summed E-state index contributed by atoms with van der Waals surface area (Å²) in [6.45, 7) is 1.75. The van der Waals surface area contributed by atoms with Crippen molar-refractivity contribution in [2.24, 2.45) is 0 Å². The van der Waals surface area contributed by atoms with Gasteiger partial charge in [-0.05, 0) is 24.6 Å². The molecule has 0 aromatic carbocycles. The molecule has 11 heavy (non-hydrogen) atoms. The van der Waals surface area contributed by atoms with Crippen molar-refractivity contribution in [2.45, 2.75) is 13.5 Å². The number of nitriles is 1. The zero-order chi connectivity index (χ0) is 8.27. The molecule has 0 aliphatic heterocycles. The molecule has 56 valence electrons. The number of aryl methyl sites for hydroxylation is 1. The average molecular weight is 148 g/mol. The first-order valence-electron chi connectivity index (χ1n) is 3.25. The van der Waals surface area contributed by atoms with Crippen molar-refractivity contribution in [2.75, 3.05) is 0 Å². The van der Waals surface area contributed by atoms with Crippen LogP contribution in [0.2, 0.25) is 0 Å². The van der Waals surface area contributed by atoms with Crippen molar-refractivity contribution in [3.8, 4) is 6.07 Å². The van der Waals surface area contributed by atoms with Crippen LogP contribution in [0.3, 0.4) is 0 Å². The predicted octanol–water partition coefficient (Wildman–Crippen LogP) is 0.754. The highest BCUT2D eigenvalue weighted by Gasteiger charge is 1.96. The van der Waals surface area contributed by atoms with E-state index in [0.717, 1.165) is 5.56 Å². The highest BCUT2D eigenvalue weighted by molar-refractivity contribution is 5.27. The van der Waals surface area contributed by atoms with Crippen molar-refractivity contribution in [3.63, 3.8) is 0 Å². The maximum Gasteiger partial charge on any atom is 0.141 e. The molecular formula is C8H8N2O. The fourth-order valence-electron chi connectivity index (χ4n) is 0.878. The van der Waals surface area contributed by atoms with Gasteiger partial charge in [-0.15, -0.1) is 0 Å². The predicted molar refractivity (Wildman–Crippen MR) is 39.6 cm³/mol. The number of pyridine rings is 1. The molecule has 0 saturated carbocycles. The van der Waals surface area contributed by atoms with E-state index >= 15 is 0 Å². The van der Waals surface area contributed by atoms with Gasteiger partial charge in [0.25, 0.3) is 0 Å². The van der Waals surface area contributed by atoms with Crippen molar-refractivity contribution in [3.05, 3.63) is 29.1 Å². The topological polar surface area (TPSA) is 56.9 Å². The van der Waals surface area contributed by atoms with Crippen LogP contribution < -0.4 is 0 Å². The fourth-order valence-corrected chi connectivity index (χ4v) is 0.878.